The molecular weight excluding hydrogens is 228 g/mol. The Labute approximate surface area is 110 Å². The summed E-state index contributed by atoms with van der Waals surface area (Å²) in [5, 5.41) is 3.18. The summed E-state index contributed by atoms with van der Waals surface area (Å²) in [5.74, 6) is 0.558. The van der Waals surface area contributed by atoms with E-state index in [0.29, 0.717) is 12.5 Å². The lowest BCUT2D eigenvalue weighted by molar-refractivity contribution is 0.117. The average Bonchev–Trinajstić information content (AvgIpc) is 2.91. The normalized spacial score (nSPS) is 26.4. The van der Waals surface area contributed by atoms with Crippen molar-refractivity contribution in [2.75, 3.05) is 39.3 Å². The van der Waals surface area contributed by atoms with E-state index in [1.807, 2.05) is 0 Å². The van der Waals surface area contributed by atoms with Crippen molar-refractivity contribution in [3.63, 3.8) is 0 Å². The minimum Gasteiger partial charge on any atom is -0.376 e. The second-order valence-electron chi connectivity index (χ2n) is 5.19. The van der Waals surface area contributed by atoms with Crippen LogP contribution in [0.3, 0.4) is 0 Å². The summed E-state index contributed by atoms with van der Waals surface area (Å²) < 4.78 is 5.50. The zero-order chi connectivity index (χ0) is 12.6. The molecule has 1 unspecified atom stereocenters. The molecule has 0 saturated carbocycles. The number of aliphatic imine (C=N–C) groups is 1. The van der Waals surface area contributed by atoms with E-state index < -0.39 is 0 Å². The fourth-order valence-electron chi connectivity index (χ4n) is 2.57. The molecular formula is C13H26N4O. The molecule has 0 amide bonds. The molecule has 5 heteroatoms. The second kappa shape index (κ2) is 7.59. The van der Waals surface area contributed by atoms with Gasteiger partial charge in [0.15, 0.2) is 5.96 Å². The minimum atomic E-state index is 0.285. The molecule has 2 aliphatic heterocycles. The zero-order valence-corrected chi connectivity index (χ0v) is 11.2. The summed E-state index contributed by atoms with van der Waals surface area (Å²) in [4.78, 5) is 6.82. The Morgan fingerprint density at radius 1 is 1.28 bits per heavy atom. The van der Waals surface area contributed by atoms with E-state index in [9.17, 15) is 0 Å². The number of hydrogen-bond acceptors (Lipinski definition) is 3. The maximum Gasteiger partial charge on any atom is 0.188 e. The molecule has 2 aliphatic rings. The third kappa shape index (κ3) is 4.82. The quantitative estimate of drug-likeness (QED) is 0.556. The third-order valence-electron chi connectivity index (χ3n) is 3.67. The van der Waals surface area contributed by atoms with Crippen molar-refractivity contribution < 1.29 is 4.74 Å². The number of rotatable bonds is 5. The molecule has 0 aromatic heterocycles. The van der Waals surface area contributed by atoms with Crippen molar-refractivity contribution in [2.45, 2.75) is 38.2 Å². The van der Waals surface area contributed by atoms with Gasteiger partial charge in [0.1, 0.15) is 0 Å². The van der Waals surface area contributed by atoms with Gasteiger partial charge in [-0.1, -0.05) is 6.42 Å². The molecule has 0 aliphatic carbocycles. The Hall–Kier alpha value is -0.810. The molecule has 0 aromatic carbocycles. The van der Waals surface area contributed by atoms with E-state index in [0.717, 1.165) is 32.5 Å². The topological polar surface area (TPSA) is 62.9 Å². The first kappa shape index (κ1) is 13.6. The number of nitrogens with one attached hydrogen (secondary N) is 1. The Kier molecular flexibility index (Phi) is 5.74. The van der Waals surface area contributed by atoms with Crippen molar-refractivity contribution >= 4 is 5.96 Å². The maximum absolute atomic E-state index is 5.83. The van der Waals surface area contributed by atoms with E-state index in [-0.39, 0.29) is 6.10 Å². The van der Waals surface area contributed by atoms with Gasteiger partial charge in [0.05, 0.1) is 12.6 Å². The van der Waals surface area contributed by atoms with Crippen LogP contribution in [0.4, 0.5) is 0 Å². The van der Waals surface area contributed by atoms with Crippen molar-refractivity contribution in [1.29, 1.82) is 0 Å². The largest absolute Gasteiger partial charge is 0.376 e. The van der Waals surface area contributed by atoms with Gasteiger partial charge in [-0.05, 0) is 38.8 Å². The van der Waals surface area contributed by atoms with Crippen LogP contribution in [0.5, 0.6) is 0 Å². The van der Waals surface area contributed by atoms with E-state index in [2.05, 4.69) is 15.2 Å². The molecule has 3 N–H and O–H groups in total. The number of nitrogens with two attached hydrogens (primary N) is 1. The Balaban J connectivity index is 1.55. The number of ether oxygens (including phenoxy) is 1. The zero-order valence-electron chi connectivity index (χ0n) is 11.2. The lowest BCUT2D eigenvalue weighted by Gasteiger charge is -2.26. The van der Waals surface area contributed by atoms with Gasteiger partial charge in [0.25, 0.3) is 0 Å². The van der Waals surface area contributed by atoms with Crippen LogP contribution in [0, 0.1) is 0 Å². The highest BCUT2D eigenvalue weighted by Crippen LogP contribution is 2.11. The predicted molar refractivity (Wildman–Crippen MR) is 73.8 cm³/mol. The number of nitrogens with zero attached hydrogens (tertiary/aromatic N) is 2. The fraction of sp³-hybridized carbons (Fsp3) is 0.923. The van der Waals surface area contributed by atoms with Gasteiger partial charge in [-0.3, -0.25) is 4.99 Å². The molecule has 18 heavy (non-hydrogen) atoms. The van der Waals surface area contributed by atoms with Gasteiger partial charge in [-0.15, -0.1) is 0 Å². The van der Waals surface area contributed by atoms with Gasteiger partial charge >= 0.3 is 0 Å². The smallest absolute Gasteiger partial charge is 0.188 e. The van der Waals surface area contributed by atoms with Crippen molar-refractivity contribution in [1.82, 2.24) is 10.2 Å². The number of hydrogen-bond donors (Lipinski definition) is 2. The SMILES string of the molecule is NC(=NCC1CCCO1)NCCN1CCCCC1. The van der Waals surface area contributed by atoms with Crippen LogP contribution in [0.2, 0.25) is 0 Å². The molecule has 0 aromatic rings. The average molecular weight is 254 g/mol. The van der Waals surface area contributed by atoms with Crippen LogP contribution < -0.4 is 11.1 Å². The summed E-state index contributed by atoms with van der Waals surface area (Å²) in [7, 11) is 0. The molecule has 0 spiro atoms. The van der Waals surface area contributed by atoms with Crippen molar-refractivity contribution in [3.05, 3.63) is 0 Å². The van der Waals surface area contributed by atoms with E-state index in [1.165, 1.54) is 32.4 Å². The lowest BCUT2D eigenvalue weighted by Crippen LogP contribution is -2.40. The summed E-state index contributed by atoms with van der Waals surface area (Å²) in [5.41, 5.74) is 5.83. The Morgan fingerprint density at radius 2 is 2.11 bits per heavy atom. The minimum absolute atomic E-state index is 0.285. The fourth-order valence-corrected chi connectivity index (χ4v) is 2.57. The summed E-state index contributed by atoms with van der Waals surface area (Å²) in [6.07, 6.45) is 6.61. The summed E-state index contributed by atoms with van der Waals surface area (Å²) in [6.45, 7) is 5.99. The van der Waals surface area contributed by atoms with Crippen LogP contribution in [0.1, 0.15) is 32.1 Å². The molecule has 2 saturated heterocycles. The van der Waals surface area contributed by atoms with Gasteiger partial charge in [0, 0.05) is 19.7 Å². The van der Waals surface area contributed by atoms with Gasteiger partial charge in [-0.2, -0.15) is 0 Å². The van der Waals surface area contributed by atoms with Crippen molar-refractivity contribution in [2.24, 2.45) is 10.7 Å². The number of piperidine rings is 1. The van der Waals surface area contributed by atoms with Gasteiger partial charge in [-0.25, -0.2) is 0 Å². The first-order valence-electron chi connectivity index (χ1n) is 7.22. The molecule has 2 fully saturated rings. The molecule has 0 radical (unpaired) electrons. The molecule has 104 valence electrons. The number of likely N-dealkylation sites (tertiary alicyclic amines) is 1. The molecule has 1 atom stereocenters. The first-order chi connectivity index (χ1) is 8.84. The van der Waals surface area contributed by atoms with Crippen LogP contribution in [0.15, 0.2) is 4.99 Å². The molecule has 2 heterocycles. The van der Waals surface area contributed by atoms with Crippen molar-refractivity contribution in [3.8, 4) is 0 Å². The van der Waals surface area contributed by atoms with E-state index in [4.69, 9.17) is 10.5 Å². The highest BCUT2D eigenvalue weighted by molar-refractivity contribution is 5.77. The Bertz CT molecular complexity index is 258. The first-order valence-corrected chi connectivity index (χ1v) is 7.22. The highest BCUT2D eigenvalue weighted by Gasteiger charge is 2.14. The molecule has 5 nitrogen and oxygen atoms in total. The molecule has 0 bridgehead atoms. The van der Waals surface area contributed by atoms with Gasteiger partial charge in [0.2, 0.25) is 0 Å². The predicted octanol–water partition coefficient (Wildman–Crippen LogP) is 0.556. The summed E-state index contributed by atoms with van der Waals surface area (Å²) in [6, 6.07) is 0. The standard InChI is InChI=1S/C13H26N4O/c14-13(16-11-12-5-4-10-18-12)15-6-9-17-7-2-1-3-8-17/h12H,1-11H2,(H3,14,15,16). The third-order valence-corrected chi connectivity index (χ3v) is 3.67. The Morgan fingerprint density at radius 3 is 2.83 bits per heavy atom. The second-order valence-corrected chi connectivity index (χ2v) is 5.19. The van der Waals surface area contributed by atoms with Crippen LogP contribution in [-0.4, -0.2) is 56.3 Å². The van der Waals surface area contributed by atoms with E-state index in [1.54, 1.807) is 0 Å². The highest BCUT2D eigenvalue weighted by atomic mass is 16.5. The number of guanidine groups is 1. The lowest BCUT2D eigenvalue weighted by atomic mass is 10.1. The molecule has 2 rings (SSSR count). The van der Waals surface area contributed by atoms with E-state index >= 15 is 0 Å². The summed E-state index contributed by atoms with van der Waals surface area (Å²) >= 11 is 0. The van der Waals surface area contributed by atoms with Crippen LogP contribution in [-0.2, 0) is 4.74 Å². The van der Waals surface area contributed by atoms with Crippen LogP contribution >= 0.6 is 0 Å². The maximum atomic E-state index is 5.83. The van der Waals surface area contributed by atoms with Crippen LogP contribution in [0.25, 0.3) is 0 Å². The van der Waals surface area contributed by atoms with Gasteiger partial charge < -0.3 is 20.7 Å². The monoisotopic (exact) mass is 254 g/mol.